The Balaban J connectivity index is 1.73. The number of hydrogen-bond donors (Lipinski definition) is 1. The Kier molecular flexibility index (Phi) is 3.92. The van der Waals surface area contributed by atoms with Gasteiger partial charge in [0.25, 0.3) is 0 Å². The minimum absolute atomic E-state index is 0.197. The highest BCUT2D eigenvalue weighted by Crippen LogP contribution is 2.19. The molecule has 3 aromatic rings. The summed E-state index contributed by atoms with van der Waals surface area (Å²) < 4.78 is 0. The van der Waals surface area contributed by atoms with E-state index in [4.69, 9.17) is 0 Å². The molecule has 0 saturated heterocycles. The monoisotopic (exact) mass is 275 g/mol. The molecule has 0 aliphatic rings. The highest BCUT2D eigenvalue weighted by atomic mass is 15.2. The molecule has 1 atom stereocenters. The van der Waals surface area contributed by atoms with E-state index in [2.05, 4.69) is 34.6 Å². The smallest absolute Gasteiger partial charge is 0.149 e. The third kappa shape index (κ3) is 3.26. The van der Waals surface area contributed by atoms with Crippen LogP contribution in [0.1, 0.15) is 18.5 Å². The van der Waals surface area contributed by atoms with Gasteiger partial charge in [-0.05, 0) is 24.6 Å². The van der Waals surface area contributed by atoms with E-state index in [9.17, 15) is 0 Å². The van der Waals surface area contributed by atoms with Gasteiger partial charge < -0.3 is 5.32 Å². The van der Waals surface area contributed by atoms with Crippen molar-refractivity contribution in [1.29, 1.82) is 0 Å². The molecule has 0 amide bonds. The van der Waals surface area contributed by atoms with Crippen LogP contribution in [0.25, 0.3) is 11.3 Å². The molecule has 0 unspecified atom stereocenters. The van der Waals surface area contributed by atoms with E-state index < -0.39 is 0 Å². The Morgan fingerprint density at radius 3 is 2.05 bits per heavy atom. The van der Waals surface area contributed by atoms with Gasteiger partial charge in [0.05, 0.1) is 5.69 Å². The number of nitrogens with one attached hydrogen (secondary N) is 1. The molecule has 104 valence electrons. The van der Waals surface area contributed by atoms with Crippen molar-refractivity contribution >= 4 is 5.82 Å². The molecule has 0 saturated carbocycles. The van der Waals surface area contributed by atoms with E-state index in [1.165, 1.54) is 5.56 Å². The van der Waals surface area contributed by atoms with Gasteiger partial charge in [-0.15, -0.1) is 10.2 Å². The van der Waals surface area contributed by atoms with Crippen LogP contribution in [0, 0.1) is 0 Å². The molecule has 0 bridgehead atoms. The Labute approximate surface area is 124 Å². The molecule has 0 aliphatic carbocycles. The first-order valence-corrected chi connectivity index (χ1v) is 7.03. The maximum absolute atomic E-state index is 4.28. The average molecular weight is 275 g/mol. The summed E-state index contributed by atoms with van der Waals surface area (Å²) in [6, 6.07) is 24.5. The second-order valence-corrected chi connectivity index (χ2v) is 4.95. The van der Waals surface area contributed by atoms with Gasteiger partial charge in [-0.1, -0.05) is 60.7 Å². The molecule has 0 radical (unpaired) electrons. The first-order chi connectivity index (χ1) is 10.3. The van der Waals surface area contributed by atoms with Crippen LogP contribution in [-0.2, 0) is 0 Å². The van der Waals surface area contributed by atoms with Gasteiger partial charge in [-0.2, -0.15) is 0 Å². The van der Waals surface area contributed by atoms with Crippen LogP contribution < -0.4 is 5.32 Å². The summed E-state index contributed by atoms with van der Waals surface area (Å²) in [5.41, 5.74) is 3.19. The summed E-state index contributed by atoms with van der Waals surface area (Å²) in [7, 11) is 0. The topological polar surface area (TPSA) is 37.8 Å². The van der Waals surface area contributed by atoms with Crippen molar-refractivity contribution in [1.82, 2.24) is 10.2 Å². The van der Waals surface area contributed by atoms with Gasteiger partial charge in [-0.25, -0.2) is 0 Å². The number of hydrogen-bond acceptors (Lipinski definition) is 3. The molecule has 1 aromatic heterocycles. The maximum atomic E-state index is 4.28. The summed E-state index contributed by atoms with van der Waals surface area (Å²) >= 11 is 0. The van der Waals surface area contributed by atoms with Gasteiger partial charge in [0.15, 0.2) is 0 Å². The third-order valence-corrected chi connectivity index (χ3v) is 3.40. The third-order valence-electron chi connectivity index (χ3n) is 3.40. The lowest BCUT2D eigenvalue weighted by atomic mass is 10.1. The Hall–Kier alpha value is -2.68. The number of aromatic nitrogens is 2. The van der Waals surface area contributed by atoms with Crippen molar-refractivity contribution in [3.05, 3.63) is 78.4 Å². The van der Waals surface area contributed by atoms with E-state index in [0.29, 0.717) is 0 Å². The van der Waals surface area contributed by atoms with Crippen LogP contribution in [-0.4, -0.2) is 10.2 Å². The first-order valence-electron chi connectivity index (χ1n) is 7.03. The Bertz CT molecular complexity index is 679. The lowest BCUT2D eigenvalue weighted by Crippen LogP contribution is -2.08. The largest absolute Gasteiger partial charge is 0.362 e. The molecule has 0 aliphatic heterocycles. The van der Waals surface area contributed by atoms with Crippen molar-refractivity contribution < 1.29 is 0 Å². The Morgan fingerprint density at radius 2 is 1.43 bits per heavy atom. The fourth-order valence-electron chi connectivity index (χ4n) is 2.22. The van der Waals surface area contributed by atoms with Crippen LogP contribution in [0.3, 0.4) is 0 Å². The molecule has 1 heterocycles. The highest BCUT2D eigenvalue weighted by Gasteiger charge is 2.06. The van der Waals surface area contributed by atoms with Gasteiger partial charge in [0.2, 0.25) is 0 Å². The van der Waals surface area contributed by atoms with Crippen LogP contribution in [0.15, 0.2) is 72.8 Å². The molecule has 3 rings (SSSR count). The minimum atomic E-state index is 0.197. The van der Waals surface area contributed by atoms with E-state index >= 15 is 0 Å². The number of nitrogens with zero attached hydrogens (tertiary/aromatic N) is 2. The molecule has 3 heteroatoms. The number of benzene rings is 2. The fourth-order valence-corrected chi connectivity index (χ4v) is 2.22. The van der Waals surface area contributed by atoms with Crippen molar-refractivity contribution in [2.24, 2.45) is 0 Å². The molecule has 1 N–H and O–H groups in total. The zero-order chi connectivity index (χ0) is 14.5. The predicted octanol–water partition coefficient (Wildman–Crippen LogP) is 4.32. The lowest BCUT2D eigenvalue weighted by Gasteiger charge is -2.14. The second kappa shape index (κ2) is 6.18. The van der Waals surface area contributed by atoms with Crippen LogP contribution in [0.4, 0.5) is 5.82 Å². The highest BCUT2D eigenvalue weighted by molar-refractivity contribution is 5.59. The number of rotatable bonds is 4. The lowest BCUT2D eigenvalue weighted by molar-refractivity contribution is 0.861. The second-order valence-electron chi connectivity index (χ2n) is 4.95. The summed E-state index contributed by atoms with van der Waals surface area (Å²) in [5.74, 6) is 0.783. The molecule has 3 nitrogen and oxygen atoms in total. The fraction of sp³-hybridized carbons (Fsp3) is 0.111. The van der Waals surface area contributed by atoms with E-state index in [1.54, 1.807) is 0 Å². The van der Waals surface area contributed by atoms with Crippen molar-refractivity contribution in [2.75, 3.05) is 5.32 Å². The SMILES string of the molecule is C[C@H](Nc1ccc(-c2ccccc2)nn1)c1ccccc1. The quantitative estimate of drug-likeness (QED) is 0.770. The minimum Gasteiger partial charge on any atom is -0.362 e. The maximum Gasteiger partial charge on any atom is 0.149 e. The molecule has 0 spiro atoms. The Morgan fingerprint density at radius 1 is 0.762 bits per heavy atom. The van der Waals surface area contributed by atoms with E-state index in [1.807, 2.05) is 60.7 Å². The molecule has 21 heavy (non-hydrogen) atoms. The summed E-state index contributed by atoms with van der Waals surface area (Å²) in [6.07, 6.45) is 0. The molecular weight excluding hydrogens is 258 g/mol. The summed E-state index contributed by atoms with van der Waals surface area (Å²) in [5, 5.41) is 11.9. The van der Waals surface area contributed by atoms with Gasteiger partial charge in [0.1, 0.15) is 5.82 Å². The molecular formula is C18H17N3. The first kappa shape index (κ1) is 13.3. The normalized spacial score (nSPS) is 11.9. The van der Waals surface area contributed by atoms with Crippen molar-refractivity contribution in [3.63, 3.8) is 0 Å². The number of anilines is 1. The van der Waals surface area contributed by atoms with Gasteiger partial charge >= 0.3 is 0 Å². The van der Waals surface area contributed by atoms with Gasteiger partial charge in [-0.3, -0.25) is 0 Å². The molecule has 2 aromatic carbocycles. The zero-order valence-corrected chi connectivity index (χ0v) is 11.9. The van der Waals surface area contributed by atoms with Crippen LogP contribution in [0.2, 0.25) is 0 Å². The van der Waals surface area contributed by atoms with E-state index in [0.717, 1.165) is 17.1 Å². The summed E-state index contributed by atoms with van der Waals surface area (Å²) in [4.78, 5) is 0. The zero-order valence-electron chi connectivity index (χ0n) is 11.9. The molecule has 0 fully saturated rings. The van der Waals surface area contributed by atoms with E-state index in [-0.39, 0.29) is 6.04 Å². The van der Waals surface area contributed by atoms with Crippen molar-refractivity contribution in [3.8, 4) is 11.3 Å². The van der Waals surface area contributed by atoms with Gasteiger partial charge in [0, 0.05) is 11.6 Å². The summed E-state index contributed by atoms with van der Waals surface area (Å²) in [6.45, 7) is 2.11. The average Bonchev–Trinajstić information content (AvgIpc) is 2.57. The van der Waals surface area contributed by atoms with Crippen molar-refractivity contribution in [2.45, 2.75) is 13.0 Å². The van der Waals surface area contributed by atoms with Crippen LogP contribution >= 0.6 is 0 Å². The van der Waals surface area contributed by atoms with Crippen LogP contribution in [0.5, 0.6) is 0 Å². The predicted molar refractivity (Wildman–Crippen MR) is 85.9 cm³/mol. The standard InChI is InChI=1S/C18H17N3/c1-14(15-8-4-2-5-9-15)19-18-13-12-17(20-21-18)16-10-6-3-7-11-16/h2-14H,1H3,(H,19,21)/t14-/m0/s1.